The highest BCUT2D eigenvalue weighted by atomic mass is 32.1. The zero-order valence-electron chi connectivity index (χ0n) is 13.6. The molecule has 0 radical (unpaired) electrons. The molecule has 1 N–H and O–H groups in total. The standard InChI is InChI=1S/C16H18N6OS/c1-3-22-13-5-4-10(8-12(13)19-20-22)15(23)18-16-17-11-6-7-21(2)9-14(11)24-16/h4-5,8H,3,6-7,9H2,1-2H3,(H,17,18,23). The summed E-state index contributed by atoms with van der Waals surface area (Å²) in [5.41, 5.74) is 3.33. The van der Waals surface area contributed by atoms with Gasteiger partial charge in [0.25, 0.3) is 5.91 Å². The van der Waals surface area contributed by atoms with E-state index in [0.717, 1.165) is 42.8 Å². The van der Waals surface area contributed by atoms with E-state index in [-0.39, 0.29) is 5.91 Å². The first-order chi connectivity index (χ1) is 11.6. The number of benzene rings is 1. The van der Waals surface area contributed by atoms with Crippen molar-refractivity contribution in [3.05, 3.63) is 34.3 Å². The average Bonchev–Trinajstić information content (AvgIpc) is 3.16. The van der Waals surface area contributed by atoms with E-state index in [0.29, 0.717) is 10.7 Å². The zero-order valence-corrected chi connectivity index (χ0v) is 14.4. The van der Waals surface area contributed by atoms with Crippen molar-refractivity contribution in [2.75, 3.05) is 18.9 Å². The third-order valence-electron chi connectivity index (χ3n) is 4.22. The van der Waals surface area contributed by atoms with Gasteiger partial charge in [0.2, 0.25) is 0 Å². The fraction of sp³-hybridized carbons (Fsp3) is 0.375. The van der Waals surface area contributed by atoms with Crippen molar-refractivity contribution in [1.29, 1.82) is 0 Å². The average molecular weight is 342 g/mol. The van der Waals surface area contributed by atoms with Crippen LogP contribution in [0.4, 0.5) is 5.13 Å². The van der Waals surface area contributed by atoms with Gasteiger partial charge in [-0.3, -0.25) is 10.1 Å². The number of hydrogen-bond donors (Lipinski definition) is 1. The highest BCUT2D eigenvalue weighted by Crippen LogP contribution is 2.28. The number of aryl methyl sites for hydroxylation is 1. The van der Waals surface area contributed by atoms with Crippen molar-refractivity contribution in [2.24, 2.45) is 0 Å². The summed E-state index contributed by atoms with van der Waals surface area (Å²) in [4.78, 5) is 20.6. The van der Waals surface area contributed by atoms with Crippen molar-refractivity contribution in [3.63, 3.8) is 0 Å². The summed E-state index contributed by atoms with van der Waals surface area (Å²) in [6, 6.07) is 5.45. The Morgan fingerprint density at radius 3 is 3.12 bits per heavy atom. The quantitative estimate of drug-likeness (QED) is 0.789. The van der Waals surface area contributed by atoms with Gasteiger partial charge in [-0.2, -0.15) is 0 Å². The lowest BCUT2D eigenvalue weighted by molar-refractivity contribution is 0.102. The van der Waals surface area contributed by atoms with Gasteiger partial charge in [0.1, 0.15) is 5.52 Å². The summed E-state index contributed by atoms with van der Waals surface area (Å²) in [6.45, 7) is 4.67. The summed E-state index contributed by atoms with van der Waals surface area (Å²) in [5.74, 6) is -0.164. The van der Waals surface area contributed by atoms with Crippen LogP contribution in [0.25, 0.3) is 11.0 Å². The van der Waals surface area contributed by atoms with E-state index in [9.17, 15) is 4.79 Å². The molecule has 4 rings (SSSR count). The number of amides is 1. The summed E-state index contributed by atoms with van der Waals surface area (Å²) in [5, 5.41) is 11.8. The van der Waals surface area contributed by atoms with Crippen LogP contribution in [0.1, 0.15) is 27.9 Å². The van der Waals surface area contributed by atoms with Crippen LogP contribution in [0.15, 0.2) is 18.2 Å². The Kier molecular flexibility index (Phi) is 3.78. The van der Waals surface area contributed by atoms with Crippen LogP contribution in [0, 0.1) is 0 Å². The number of anilines is 1. The molecule has 8 heteroatoms. The highest BCUT2D eigenvalue weighted by Gasteiger charge is 2.19. The van der Waals surface area contributed by atoms with Crippen molar-refractivity contribution < 1.29 is 4.79 Å². The molecule has 1 aliphatic rings. The lowest BCUT2D eigenvalue weighted by Crippen LogP contribution is -2.25. The Balaban J connectivity index is 1.56. The maximum atomic E-state index is 12.5. The van der Waals surface area contributed by atoms with E-state index >= 15 is 0 Å². The van der Waals surface area contributed by atoms with Crippen LogP contribution in [-0.4, -0.2) is 44.4 Å². The lowest BCUT2D eigenvalue weighted by atomic mass is 10.2. The molecule has 124 valence electrons. The molecule has 0 saturated carbocycles. The Hall–Kier alpha value is -2.32. The third-order valence-corrected chi connectivity index (χ3v) is 5.22. The summed E-state index contributed by atoms with van der Waals surface area (Å²) >= 11 is 1.56. The second-order valence-electron chi connectivity index (χ2n) is 5.94. The summed E-state index contributed by atoms with van der Waals surface area (Å²) in [6.07, 6.45) is 0.935. The molecule has 0 fully saturated rings. The number of fused-ring (bicyclic) bond motifs is 2. The van der Waals surface area contributed by atoms with E-state index in [2.05, 4.69) is 32.6 Å². The number of rotatable bonds is 3. The third kappa shape index (κ3) is 2.67. The molecule has 1 aliphatic heterocycles. The largest absolute Gasteiger partial charge is 0.301 e. The number of nitrogens with zero attached hydrogens (tertiary/aromatic N) is 5. The van der Waals surface area contributed by atoms with E-state index < -0.39 is 0 Å². The zero-order chi connectivity index (χ0) is 16.7. The van der Waals surface area contributed by atoms with Gasteiger partial charge in [-0.05, 0) is 32.2 Å². The van der Waals surface area contributed by atoms with Gasteiger partial charge >= 0.3 is 0 Å². The van der Waals surface area contributed by atoms with Gasteiger partial charge in [-0.15, -0.1) is 16.4 Å². The molecule has 0 spiro atoms. The SMILES string of the molecule is CCn1nnc2cc(C(=O)Nc3nc4c(s3)CN(C)CC4)ccc21. The summed E-state index contributed by atoms with van der Waals surface area (Å²) < 4.78 is 1.81. The second-order valence-corrected chi connectivity index (χ2v) is 7.02. The molecule has 3 aromatic rings. The number of carbonyl (C=O) groups excluding carboxylic acids is 1. The fourth-order valence-corrected chi connectivity index (χ4v) is 3.98. The molecule has 7 nitrogen and oxygen atoms in total. The van der Waals surface area contributed by atoms with E-state index in [4.69, 9.17) is 0 Å². The first-order valence-electron chi connectivity index (χ1n) is 7.95. The minimum absolute atomic E-state index is 0.164. The number of thiazole rings is 1. The maximum Gasteiger partial charge on any atom is 0.257 e. The number of hydrogen-bond acceptors (Lipinski definition) is 6. The van der Waals surface area contributed by atoms with Gasteiger partial charge in [0.05, 0.1) is 11.2 Å². The number of carbonyl (C=O) groups is 1. The van der Waals surface area contributed by atoms with Crippen LogP contribution in [-0.2, 0) is 19.5 Å². The Morgan fingerprint density at radius 1 is 1.42 bits per heavy atom. The second kappa shape index (κ2) is 5.95. The number of aromatic nitrogens is 4. The van der Waals surface area contributed by atoms with Crippen LogP contribution < -0.4 is 5.32 Å². The molecule has 0 saturated heterocycles. The molecule has 0 atom stereocenters. The van der Waals surface area contributed by atoms with Crippen molar-refractivity contribution >= 4 is 33.4 Å². The lowest BCUT2D eigenvalue weighted by Gasteiger charge is -2.20. The minimum Gasteiger partial charge on any atom is -0.301 e. The first kappa shape index (κ1) is 15.2. The number of nitrogens with one attached hydrogen (secondary N) is 1. The van der Waals surface area contributed by atoms with Gasteiger partial charge < -0.3 is 4.90 Å². The molecule has 0 aliphatic carbocycles. The molecular weight excluding hydrogens is 324 g/mol. The van der Waals surface area contributed by atoms with Gasteiger partial charge in [0, 0.05) is 36.5 Å². The molecule has 0 bridgehead atoms. The molecular formula is C16H18N6OS. The molecule has 24 heavy (non-hydrogen) atoms. The van der Waals surface area contributed by atoms with Crippen LogP contribution in [0.5, 0.6) is 0 Å². The molecule has 3 heterocycles. The molecule has 0 unspecified atom stereocenters. The minimum atomic E-state index is -0.164. The predicted octanol–water partition coefficient (Wildman–Crippen LogP) is 2.15. The van der Waals surface area contributed by atoms with E-state index in [1.165, 1.54) is 4.88 Å². The van der Waals surface area contributed by atoms with Gasteiger partial charge in [-0.25, -0.2) is 9.67 Å². The first-order valence-corrected chi connectivity index (χ1v) is 8.77. The predicted molar refractivity (Wildman–Crippen MR) is 93.3 cm³/mol. The Labute approximate surface area is 143 Å². The maximum absolute atomic E-state index is 12.5. The monoisotopic (exact) mass is 342 g/mol. The van der Waals surface area contributed by atoms with Crippen molar-refractivity contribution in [1.82, 2.24) is 24.9 Å². The van der Waals surface area contributed by atoms with Gasteiger partial charge in [-0.1, -0.05) is 5.21 Å². The molecule has 1 aromatic carbocycles. The highest BCUT2D eigenvalue weighted by molar-refractivity contribution is 7.15. The van der Waals surface area contributed by atoms with Crippen LogP contribution in [0.2, 0.25) is 0 Å². The molecule has 1 amide bonds. The Morgan fingerprint density at radius 2 is 2.29 bits per heavy atom. The topological polar surface area (TPSA) is 75.9 Å². The normalized spacial score (nSPS) is 14.8. The fourth-order valence-electron chi connectivity index (χ4n) is 2.89. The van der Waals surface area contributed by atoms with Crippen molar-refractivity contribution in [3.8, 4) is 0 Å². The van der Waals surface area contributed by atoms with E-state index in [1.807, 2.05) is 17.7 Å². The van der Waals surface area contributed by atoms with Crippen LogP contribution >= 0.6 is 11.3 Å². The Bertz CT molecular complexity index is 915. The smallest absolute Gasteiger partial charge is 0.257 e. The van der Waals surface area contributed by atoms with Crippen LogP contribution in [0.3, 0.4) is 0 Å². The van der Waals surface area contributed by atoms with E-state index in [1.54, 1.807) is 23.5 Å². The number of likely N-dealkylation sites (N-methyl/N-ethyl adjacent to an activating group) is 1. The molecule has 2 aromatic heterocycles. The van der Waals surface area contributed by atoms with Crippen molar-refractivity contribution in [2.45, 2.75) is 26.4 Å². The van der Waals surface area contributed by atoms with Gasteiger partial charge in [0.15, 0.2) is 5.13 Å². The summed E-state index contributed by atoms with van der Waals surface area (Å²) in [7, 11) is 2.10.